The summed E-state index contributed by atoms with van der Waals surface area (Å²) in [6.45, 7) is 2.33. The number of carbonyl (C=O) groups excluding carboxylic acids is 1. The van der Waals surface area contributed by atoms with Crippen molar-refractivity contribution in [1.29, 1.82) is 5.26 Å². The van der Waals surface area contributed by atoms with Gasteiger partial charge in [0.25, 0.3) is 5.91 Å². The highest BCUT2D eigenvalue weighted by Crippen LogP contribution is 2.30. The second kappa shape index (κ2) is 9.16. The van der Waals surface area contributed by atoms with Crippen molar-refractivity contribution in [2.24, 2.45) is 0 Å². The minimum atomic E-state index is -3.35. The van der Waals surface area contributed by atoms with Crippen LogP contribution >= 0.6 is 11.3 Å². The highest BCUT2D eigenvalue weighted by atomic mass is 32.2. The number of nitrogens with one attached hydrogen (secondary N) is 1. The number of nitriles is 1. The molecule has 0 atom stereocenters. The number of anilines is 1. The lowest BCUT2D eigenvalue weighted by atomic mass is 10.1. The van der Waals surface area contributed by atoms with E-state index in [-0.39, 0.29) is 15.6 Å². The first kappa shape index (κ1) is 22.3. The van der Waals surface area contributed by atoms with Crippen LogP contribution in [0.3, 0.4) is 0 Å². The molecule has 10 heteroatoms. The second-order valence-corrected chi connectivity index (χ2v) is 9.43. The van der Waals surface area contributed by atoms with Crippen LogP contribution in [0.25, 0.3) is 16.3 Å². The number of benzene rings is 2. The van der Waals surface area contributed by atoms with Crippen molar-refractivity contribution in [1.82, 2.24) is 4.98 Å². The van der Waals surface area contributed by atoms with Crippen molar-refractivity contribution in [3.63, 3.8) is 0 Å². The van der Waals surface area contributed by atoms with Gasteiger partial charge in [0.05, 0.1) is 28.8 Å². The number of aromatic nitrogens is 1. The number of carbonyl (C=O) groups is 1. The molecule has 2 aromatic carbocycles. The molecule has 1 amide bonds. The molecule has 0 aliphatic rings. The maximum absolute atomic E-state index is 12.6. The third kappa shape index (κ3) is 5.20. The number of ether oxygens (including phenoxy) is 2. The van der Waals surface area contributed by atoms with Crippen LogP contribution in [0.2, 0.25) is 0 Å². The van der Waals surface area contributed by atoms with Crippen molar-refractivity contribution < 1.29 is 22.7 Å². The van der Waals surface area contributed by atoms with Gasteiger partial charge in [0.1, 0.15) is 11.6 Å². The third-order valence-electron chi connectivity index (χ3n) is 4.17. The Balaban J connectivity index is 1.85. The summed E-state index contributed by atoms with van der Waals surface area (Å²) < 4.78 is 34.8. The van der Waals surface area contributed by atoms with Gasteiger partial charge in [-0.3, -0.25) is 10.1 Å². The minimum absolute atomic E-state index is 0.123. The fourth-order valence-electron chi connectivity index (χ4n) is 2.72. The summed E-state index contributed by atoms with van der Waals surface area (Å²) in [4.78, 5) is 17.0. The van der Waals surface area contributed by atoms with Crippen LogP contribution < -0.4 is 14.8 Å². The van der Waals surface area contributed by atoms with E-state index < -0.39 is 15.7 Å². The molecule has 0 bridgehead atoms. The van der Waals surface area contributed by atoms with E-state index in [2.05, 4.69) is 10.3 Å². The van der Waals surface area contributed by atoms with Crippen molar-refractivity contribution in [2.75, 3.05) is 25.3 Å². The van der Waals surface area contributed by atoms with E-state index in [0.29, 0.717) is 33.9 Å². The number of rotatable bonds is 7. The van der Waals surface area contributed by atoms with E-state index in [4.69, 9.17) is 9.47 Å². The summed E-state index contributed by atoms with van der Waals surface area (Å²) in [6.07, 6.45) is 2.56. The Morgan fingerprint density at radius 2 is 2.03 bits per heavy atom. The molecule has 8 nitrogen and oxygen atoms in total. The lowest BCUT2D eigenvalue weighted by Gasteiger charge is -2.09. The van der Waals surface area contributed by atoms with E-state index in [1.807, 2.05) is 13.0 Å². The highest BCUT2D eigenvalue weighted by molar-refractivity contribution is 7.90. The molecule has 3 aromatic rings. The number of sulfone groups is 1. The zero-order valence-corrected chi connectivity index (χ0v) is 18.6. The predicted molar refractivity (Wildman–Crippen MR) is 119 cm³/mol. The topological polar surface area (TPSA) is 118 Å². The monoisotopic (exact) mass is 457 g/mol. The van der Waals surface area contributed by atoms with Gasteiger partial charge in [-0.2, -0.15) is 5.26 Å². The van der Waals surface area contributed by atoms with Gasteiger partial charge in [-0.05, 0) is 48.9 Å². The predicted octanol–water partition coefficient (Wildman–Crippen LogP) is 3.65. The Labute approximate surface area is 183 Å². The van der Waals surface area contributed by atoms with E-state index >= 15 is 0 Å². The molecule has 160 valence electrons. The van der Waals surface area contributed by atoms with E-state index in [1.165, 1.54) is 25.3 Å². The van der Waals surface area contributed by atoms with E-state index in [9.17, 15) is 18.5 Å². The summed E-state index contributed by atoms with van der Waals surface area (Å²) in [6, 6.07) is 11.5. The number of hydrogen-bond donors (Lipinski definition) is 1. The molecule has 0 saturated carbocycles. The molecule has 1 aromatic heterocycles. The average Bonchev–Trinajstić information content (AvgIpc) is 3.13. The third-order valence-corrected chi connectivity index (χ3v) is 6.22. The number of methoxy groups -OCH3 is 1. The van der Waals surface area contributed by atoms with Gasteiger partial charge >= 0.3 is 0 Å². The number of fused-ring (bicyclic) bond motifs is 1. The van der Waals surface area contributed by atoms with Crippen LogP contribution in [0, 0.1) is 11.3 Å². The van der Waals surface area contributed by atoms with Gasteiger partial charge in [-0.25, -0.2) is 13.4 Å². The number of thiazole rings is 1. The van der Waals surface area contributed by atoms with Gasteiger partial charge < -0.3 is 9.47 Å². The Bertz CT molecular complexity index is 1320. The van der Waals surface area contributed by atoms with E-state index in [0.717, 1.165) is 17.6 Å². The first-order valence-corrected chi connectivity index (χ1v) is 11.8. The molecule has 3 rings (SSSR count). The zero-order valence-electron chi connectivity index (χ0n) is 17.0. The minimum Gasteiger partial charge on any atom is -0.493 e. The molecule has 31 heavy (non-hydrogen) atoms. The molecule has 0 radical (unpaired) electrons. The Morgan fingerprint density at radius 1 is 1.26 bits per heavy atom. The zero-order chi connectivity index (χ0) is 22.6. The van der Waals surface area contributed by atoms with Crippen LogP contribution in [0.15, 0.2) is 46.9 Å². The highest BCUT2D eigenvalue weighted by Gasteiger charge is 2.15. The summed E-state index contributed by atoms with van der Waals surface area (Å²) in [5, 5.41) is 12.3. The molecule has 0 aliphatic carbocycles. The van der Waals surface area contributed by atoms with Crippen molar-refractivity contribution >= 4 is 48.5 Å². The maximum Gasteiger partial charge on any atom is 0.268 e. The summed E-state index contributed by atoms with van der Waals surface area (Å²) in [5.41, 5.74) is 1.02. The Hall–Kier alpha value is -3.42. The van der Waals surface area contributed by atoms with Crippen molar-refractivity contribution in [3.8, 4) is 17.6 Å². The number of amides is 1. The Kier molecular flexibility index (Phi) is 6.58. The van der Waals surface area contributed by atoms with Crippen molar-refractivity contribution in [2.45, 2.75) is 11.8 Å². The summed E-state index contributed by atoms with van der Waals surface area (Å²) in [7, 11) is -1.85. The SMILES string of the molecule is CCOc1ccc(C=C(C#N)C(=O)Nc2nc3ccc(S(C)(=O)=O)cc3s2)cc1OC. The molecule has 1 heterocycles. The molecule has 0 aliphatic heterocycles. The molecule has 0 saturated heterocycles. The molecule has 0 spiro atoms. The number of hydrogen-bond acceptors (Lipinski definition) is 8. The van der Waals surface area contributed by atoms with Crippen LogP contribution in [0.1, 0.15) is 12.5 Å². The van der Waals surface area contributed by atoms with E-state index in [1.54, 1.807) is 24.3 Å². The molecular weight excluding hydrogens is 438 g/mol. The molecular formula is C21H19N3O5S2. The second-order valence-electron chi connectivity index (χ2n) is 6.39. The molecule has 0 fully saturated rings. The summed E-state index contributed by atoms with van der Waals surface area (Å²) >= 11 is 1.12. The summed E-state index contributed by atoms with van der Waals surface area (Å²) in [5.74, 6) is 0.423. The first-order valence-electron chi connectivity index (χ1n) is 9.09. The van der Waals surface area contributed by atoms with Crippen LogP contribution in [-0.4, -0.2) is 39.3 Å². The van der Waals surface area contributed by atoms with Gasteiger partial charge in [0.2, 0.25) is 0 Å². The van der Waals surface area contributed by atoms with Gasteiger partial charge in [-0.1, -0.05) is 17.4 Å². The van der Waals surface area contributed by atoms with Gasteiger partial charge in [0, 0.05) is 6.26 Å². The lowest BCUT2D eigenvalue weighted by molar-refractivity contribution is -0.112. The van der Waals surface area contributed by atoms with Crippen LogP contribution in [0.4, 0.5) is 5.13 Å². The van der Waals surface area contributed by atoms with Gasteiger partial charge in [-0.15, -0.1) is 0 Å². The van der Waals surface area contributed by atoms with Crippen LogP contribution in [-0.2, 0) is 14.6 Å². The van der Waals surface area contributed by atoms with Gasteiger partial charge in [0.15, 0.2) is 26.5 Å². The quantitative estimate of drug-likeness (QED) is 0.425. The number of nitrogens with zero attached hydrogens (tertiary/aromatic N) is 2. The Morgan fingerprint density at radius 3 is 2.68 bits per heavy atom. The smallest absolute Gasteiger partial charge is 0.268 e. The lowest BCUT2D eigenvalue weighted by Crippen LogP contribution is -2.13. The average molecular weight is 458 g/mol. The molecule has 1 N–H and O–H groups in total. The fourth-order valence-corrected chi connectivity index (χ4v) is 4.34. The first-order chi connectivity index (χ1) is 14.7. The van der Waals surface area contributed by atoms with Crippen molar-refractivity contribution in [3.05, 3.63) is 47.5 Å². The fraction of sp³-hybridized carbons (Fsp3) is 0.190. The molecule has 0 unspecified atom stereocenters. The normalized spacial score (nSPS) is 11.7. The van der Waals surface area contributed by atoms with Crippen LogP contribution in [0.5, 0.6) is 11.5 Å². The largest absolute Gasteiger partial charge is 0.493 e. The maximum atomic E-state index is 12.6. The standard InChI is InChI=1S/C21H19N3O5S2/c1-4-29-17-8-5-13(10-18(17)28-2)9-14(12-22)20(25)24-21-23-16-7-6-15(31(3,26)27)11-19(16)30-21/h5-11H,4H2,1-3H3,(H,23,24,25).